The zero-order valence-electron chi connectivity index (χ0n) is 15.3. The van der Waals surface area contributed by atoms with E-state index in [-0.39, 0.29) is 12.4 Å². The average Bonchev–Trinajstić information content (AvgIpc) is 3.28. The number of aromatic nitrogens is 2. The van der Waals surface area contributed by atoms with Crippen LogP contribution in [0.25, 0.3) is 5.13 Å². The summed E-state index contributed by atoms with van der Waals surface area (Å²) in [6.07, 6.45) is 0.916. The van der Waals surface area contributed by atoms with Crippen LogP contribution in [0, 0.1) is 13.8 Å². The second-order valence-corrected chi connectivity index (χ2v) is 6.91. The van der Waals surface area contributed by atoms with Gasteiger partial charge in [0.2, 0.25) is 5.78 Å². The lowest BCUT2D eigenvalue weighted by Crippen LogP contribution is -2.28. The third kappa shape index (κ3) is 4.25. The molecule has 3 aromatic rings. The molecular formula is C20H20N2O4S. The third-order valence-electron chi connectivity index (χ3n) is 4.08. The van der Waals surface area contributed by atoms with Gasteiger partial charge < -0.3 is 9.47 Å². The van der Waals surface area contributed by atoms with E-state index in [1.807, 2.05) is 42.0 Å². The minimum atomic E-state index is -0.803. The summed E-state index contributed by atoms with van der Waals surface area (Å²) in [7, 11) is 0. The van der Waals surface area contributed by atoms with Crippen LogP contribution in [-0.2, 0) is 9.53 Å². The molecule has 0 saturated carbocycles. The number of benzene rings is 1. The number of thiazole rings is 1. The van der Waals surface area contributed by atoms with Gasteiger partial charge in [0.25, 0.3) is 0 Å². The van der Waals surface area contributed by atoms with Gasteiger partial charge in [-0.15, -0.1) is 11.3 Å². The van der Waals surface area contributed by atoms with Crippen molar-refractivity contribution in [1.29, 1.82) is 0 Å². The second-order valence-electron chi connectivity index (χ2n) is 6.04. The molecule has 6 nitrogen and oxygen atoms in total. The Morgan fingerprint density at radius 2 is 1.96 bits per heavy atom. The van der Waals surface area contributed by atoms with E-state index < -0.39 is 12.1 Å². The Bertz CT molecular complexity index is 933. The monoisotopic (exact) mass is 384 g/mol. The number of esters is 1. The van der Waals surface area contributed by atoms with E-state index in [0.717, 1.165) is 16.5 Å². The molecule has 0 aliphatic heterocycles. The number of aryl methyl sites for hydroxylation is 1. The highest BCUT2D eigenvalue weighted by Gasteiger charge is 2.21. The molecule has 7 heteroatoms. The van der Waals surface area contributed by atoms with Gasteiger partial charge in [-0.1, -0.05) is 18.2 Å². The molecule has 0 aliphatic rings. The van der Waals surface area contributed by atoms with Gasteiger partial charge >= 0.3 is 5.97 Å². The Balaban J connectivity index is 1.63. The topological polar surface area (TPSA) is 70.4 Å². The summed E-state index contributed by atoms with van der Waals surface area (Å²) >= 11 is 1.49. The first-order valence-electron chi connectivity index (χ1n) is 8.47. The van der Waals surface area contributed by atoms with Gasteiger partial charge in [-0.2, -0.15) is 0 Å². The molecule has 140 valence electrons. The molecule has 27 heavy (non-hydrogen) atoms. The van der Waals surface area contributed by atoms with Crippen molar-refractivity contribution in [1.82, 2.24) is 9.55 Å². The Hall–Kier alpha value is -2.93. The molecule has 0 aliphatic carbocycles. The first kappa shape index (κ1) is 18.8. The van der Waals surface area contributed by atoms with E-state index in [9.17, 15) is 9.59 Å². The first-order valence-corrected chi connectivity index (χ1v) is 9.35. The van der Waals surface area contributed by atoms with E-state index in [1.165, 1.54) is 11.3 Å². The largest absolute Gasteiger partial charge is 0.479 e. The smallest absolute Gasteiger partial charge is 0.347 e. The van der Waals surface area contributed by atoms with Gasteiger partial charge in [0.1, 0.15) is 5.75 Å². The van der Waals surface area contributed by atoms with Crippen LogP contribution in [0.5, 0.6) is 5.75 Å². The average molecular weight is 384 g/mol. The fourth-order valence-electron chi connectivity index (χ4n) is 2.75. The Morgan fingerprint density at radius 1 is 1.22 bits per heavy atom. The lowest BCUT2D eigenvalue weighted by molar-refractivity contribution is -0.149. The van der Waals surface area contributed by atoms with Crippen LogP contribution in [-0.4, -0.2) is 34.0 Å². The Morgan fingerprint density at radius 3 is 2.63 bits per heavy atom. The fraction of sp³-hybridized carbons (Fsp3) is 0.250. The highest BCUT2D eigenvalue weighted by atomic mass is 32.1. The van der Waals surface area contributed by atoms with Crippen LogP contribution in [0.2, 0.25) is 0 Å². The molecule has 0 spiro atoms. The van der Waals surface area contributed by atoms with Gasteiger partial charge in [-0.05, 0) is 39.0 Å². The fourth-order valence-corrected chi connectivity index (χ4v) is 3.50. The van der Waals surface area contributed by atoms with Crippen LogP contribution < -0.4 is 4.74 Å². The standard InChI is InChI=1S/C20H20N2O4S/c1-13-11-17(14(2)22(13)20-21-9-10-27-20)18(23)12-25-19(24)15(3)26-16-7-5-4-6-8-16/h4-11,15H,12H2,1-3H3/t15-/m1/s1. The van der Waals surface area contributed by atoms with Crippen LogP contribution in [0.15, 0.2) is 48.0 Å². The van der Waals surface area contributed by atoms with Crippen LogP contribution in [0.4, 0.5) is 0 Å². The van der Waals surface area contributed by atoms with Gasteiger partial charge in [0.05, 0.1) is 0 Å². The molecule has 0 saturated heterocycles. The number of para-hydroxylation sites is 1. The number of carbonyl (C=O) groups is 2. The minimum Gasteiger partial charge on any atom is -0.479 e. The number of ether oxygens (including phenoxy) is 2. The first-order chi connectivity index (χ1) is 13.0. The molecule has 0 fully saturated rings. The number of carbonyl (C=O) groups excluding carboxylic acids is 2. The summed E-state index contributed by atoms with van der Waals surface area (Å²) in [5.41, 5.74) is 2.20. The van der Waals surface area contributed by atoms with Crippen molar-refractivity contribution in [2.45, 2.75) is 26.9 Å². The van der Waals surface area contributed by atoms with E-state index in [1.54, 1.807) is 31.3 Å². The molecular weight excluding hydrogens is 364 g/mol. The highest BCUT2D eigenvalue weighted by Crippen LogP contribution is 2.22. The lowest BCUT2D eigenvalue weighted by Gasteiger charge is -2.13. The number of hydrogen-bond acceptors (Lipinski definition) is 6. The summed E-state index contributed by atoms with van der Waals surface area (Å²) in [6, 6.07) is 10.8. The van der Waals surface area contributed by atoms with Crippen LogP contribution >= 0.6 is 11.3 Å². The van der Waals surface area contributed by atoms with Gasteiger partial charge in [-0.25, -0.2) is 9.78 Å². The number of ketones is 1. The predicted molar refractivity (Wildman–Crippen MR) is 103 cm³/mol. The van der Waals surface area contributed by atoms with Crippen LogP contribution in [0.3, 0.4) is 0 Å². The normalized spacial score (nSPS) is 11.8. The van der Waals surface area contributed by atoms with Gasteiger partial charge in [0, 0.05) is 28.5 Å². The summed E-state index contributed by atoms with van der Waals surface area (Å²) in [5.74, 6) is -0.271. The molecule has 1 atom stereocenters. The minimum absolute atomic E-state index is 0.258. The van der Waals surface area contributed by atoms with Crippen molar-refractivity contribution < 1.29 is 19.1 Å². The SMILES string of the molecule is Cc1cc(C(=O)COC(=O)[C@@H](C)Oc2ccccc2)c(C)n1-c1nccs1. The zero-order valence-corrected chi connectivity index (χ0v) is 16.2. The van der Waals surface area contributed by atoms with E-state index in [0.29, 0.717) is 11.3 Å². The third-order valence-corrected chi connectivity index (χ3v) is 4.83. The maximum atomic E-state index is 12.5. The molecule has 0 unspecified atom stereocenters. The number of nitrogens with zero attached hydrogens (tertiary/aromatic N) is 2. The summed E-state index contributed by atoms with van der Waals surface area (Å²) in [5, 5.41) is 2.68. The molecule has 0 radical (unpaired) electrons. The Kier molecular flexibility index (Phi) is 5.71. The quantitative estimate of drug-likeness (QED) is 0.458. The molecule has 1 aromatic carbocycles. The molecule has 3 rings (SSSR count). The Labute approximate surface area is 161 Å². The lowest BCUT2D eigenvalue weighted by atomic mass is 10.1. The number of rotatable bonds is 7. The van der Waals surface area contributed by atoms with Crippen molar-refractivity contribution in [2.24, 2.45) is 0 Å². The van der Waals surface area contributed by atoms with E-state index in [4.69, 9.17) is 9.47 Å². The summed E-state index contributed by atoms with van der Waals surface area (Å²) in [6.45, 7) is 5.02. The predicted octanol–water partition coefficient (Wildman–Crippen LogP) is 3.74. The van der Waals surface area contributed by atoms with Gasteiger partial charge in [-0.3, -0.25) is 9.36 Å². The van der Waals surface area contributed by atoms with Crippen molar-refractivity contribution in [3.8, 4) is 10.9 Å². The zero-order chi connectivity index (χ0) is 19.4. The highest BCUT2D eigenvalue weighted by molar-refractivity contribution is 7.12. The number of Topliss-reactive ketones (excluding diaryl/α,β-unsaturated/α-hetero) is 1. The second kappa shape index (κ2) is 8.18. The molecule has 0 amide bonds. The molecule has 0 bridgehead atoms. The van der Waals surface area contributed by atoms with E-state index in [2.05, 4.69) is 4.98 Å². The van der Waals surface area contributed by atoms with Crippen molar-refractivity contribution >= 4 is 23.1 Å². The maximum absolute atomic E-state index is 12.5. The molecule has 0 N–H and O–H groups in total. The van der Waals surface area contributed by atoms with Crippen molar-refractivity contribution in [3.63, 3.8) is 0 Å². The van der Waals surface area contributed by atoms with E-state index >= 15 is 0 Å². The number of hydrogen-bond donors (Lipinski definition) is 0. The van der Waals surface area contributed by atoms with Gasteiger partial charge in [0.15, 0.2) is 17.8 Å². The summed E-state index contributed by atoms with van der Waals surface area (Å²) in [4.78, 5) is 28.9. The summed E-state index contributed by atoms with van der Waals surface area (Å²) < 4.78 is 12.6. The maximum Gasteiger partial charge on any atom is 0.347 e. The molecule has 2 aromatic heterocycles. The van der Waals surface area contributed by atoms with Crippen LogP contribution in [0.1, 0.15) is 28.7 Å². The molecule has 2 heterocycles. The van der Waals surface area contributed by atoms with Crippen molar-refractivity contribution in [3.05, 3.63) is 64.9 Å². The van der Waals surface area contributed by atoms with Crippen molar-refractivity contribution in [2.75, 3.05) is 6.61 Å².